The van der Waals surface area contributed by atoms with Gasteiger partial charge >= 0.3 is 0 Å². The molecule has 1 unspecified atom stereocenters. The van der Waals surface area contributed by atoms with Gasteiger partial charge in [0.1, 0.15) is 0 Å². The average molecular weight is 373 g/mol. The summed E-state index contributed by atoms with van der Waals surface area (Å²) < 4.78 is 1.81. The van der Waals surface area contributed by atoms with Crippen LogP contribution in [0.15, 0.2) is 12.4 Å². The van der Waals surface area contributed by atoms with Gasteiger partial charge in [0.2, 0.25) is 5.91 Å². The van der Waals surface area contributed by atoms with E-state index in [9.17, 15) is 9.59 Å². The van der Waals surface area contributed by atoms with Gasteiger partial charge in [0.15, 0.2) is 5.82 Å². The summed E-state index contributed by atoms with van der Waals surface area (Å²) in [5, 5.41) is 0. The maximum Gasteiger partial charge on any atom is 0.289 e. The number of hydrogen-bond donors (Lipinski definition) is 0. The zero-order valence-electron chi connectivity index (χ0n) is 16.5. The van der Waals surface area contributed by atoms with Gasteiger partial charge in [0.25, 0.3) is 5.91 Å². The van der Waals surface area contributed by atoms with Gasteiger partial charge in [-0.25, -0.2) is 4.98 Å². The first-order valence-electron chi connectivity index (χ1n) is 10.6. The molecule has 1 spiro atoms. The Morgan fingerprint density at radius 3 is 2.52 bits per heavy atom. The standard InChI is InChI=1S/C21H32N4O2/c1-23-14-11-22-19(23)20(27)25-15-17(21(16-25)9-3-2-4-10-21)7-8-18(26)24-12-5-6-13-24/h11,14,17H,2-10,12-13,15-16H2,1H3. The van der Waals surface area contributed by atoms with Crippen molar-refractivity contribution < 1.29 is 9.59 Å². The molecule has 3 fully saturated rings. The predicted octanol–water partition coefficient (Wildman–Crippen LogP) is 2.85. The van der Waals surface area contributed by atoms with Crippen molar-refractivity contribution in [3.8, 4) is 0 Å². The second-order valence-corrected chi connectivity index (χ2v) is 8.79. The van der Waals surface area contributed by atoms with Gasteiger partial charge in [-0.05, 0) is 43.4 Å². The Kier molecular flexibility index (Phi) is 5.24. The molecule has 148 valence electrons. The second kappa shape index (κ2) is 7.64. The molecular weight excluding hydrogens is 340 g/mol. The van der Waals surface area contributed by atoms with E-state index >= 15 is 0 Å². The largest absolute Gasteiger partial charge is 0.343 e. The Labute approximate surface area is 161 Å². The first-order chi connectivity index (χ1) is 13.1. The molecular formula is C21H32N4O2. The molecule has 0 bridgehead atoms. The number of rotatable bonds is 4. The van der Waals surface area contributed by atoms with Crippen LogP contribution >= 0.6 is 0 Å². The Hall–Kier alpha value is -1.85. The van der Waals surface area contributed by atoms with Crippen LogP contribution in [0.4, 0.5) is 0 Å². The van der Waals surface area contributed by atoms with Crippen LogP contribution in [-0.4, -0.2) is 57.3 Å². The summed E-state index contributed by atoms with van der Waals surface area (Å²) in [6.45, 7) is 3.47. The van der Waals surface area contributed by atoms with Crippen LogP contribution in [0.1, 0.15) is 68.4 Å². The molecule has 4 rings (SSSR count). The molecule has 6 nitrogen and oxygen atoms in total. The number of carbonyl (C=O) groups is 2. The zero-order valence-corrected chi connectivity index (χ0v) is 16.5. The summed E-state index contributed by atoms with van der Waals surface area (Å²) in [7, 11) is 1.87. The molecule has 6 heteroatoms. The SMILES string of the molecule is Cn1ccnc1C(=O)N1CC(CCC(=O)N2CCCC2)C2(CCCCC2)C1. The highest BCUT2D eigenvalue weighted by molar-refractivity contribution is 5.91. The van der Waals surface area contributed by atoms with Crippen LogP contribution < -0.4 is 0 Å². The fraction of sp³-hybridized carbons (Fsp3) is 0.762. The van der Waals surface area contributed by atoms with Gasteiger partial charge < -0.3 is 14.4 Å². The number of aryl methyl sites for hydroxylation is 1. The van der Waals surface area contributed by atoms with Crippen molar-refractivity contribution in [1.29, 1.82) is 0 Å². The summed E-state index contributed by atoms with van der Waals surface area (Å²) in [4.78, 5) is 33.9. The molecule has 1 saturated carbocycles. The molecule has 1 atom stereocenters. The number of amides is 2. The van der Waals surface area contributed by atoms with Crippen molar-refractivity contribution >= 4 is 11.8 Å². The third-order valence-corrected chi connectivity index (χ3v) is 7.13. The molecule has 0 N–H and O–H groups in total. The van der Waals surface area contributed by atoms with E-state index in [4.69, 9.17) is 0 Å². The van der Waals surface area contributed by atoms with Crippen molar-refractivity contribution in [2.75, 3.05) is 26.2 Å². The Morgan fingerprint density at radius 1 is 1.11 bits per heavy atom. The van der Waals surface area contributed by atoms with Gasteiger partial charge in [-0.3, -0.25) is 9.59 Å². The van der Waals surface area contributed by atoms with E-state index in [1.54, 1.807) is 10.8 Å². The smallest absolute Gasteiger partial charge is 0.289 e. The highest BCUT2D eigenvalue weighted by Gasteiger charge is 2.48. The van der Waals surface area contributed by atoms with Gasteiger partial charge in [0, 0.05) is 52.0 Å². The van der Waals surface area contributed by atoms with Crippen molar-refractivity contribution in [1.82, 2.24) is 19.4 Å². The van der Waals surface area contributed by atoms with E-state index < -0.39 is 0 Å². The molecule has 1 aromatic heterocycles. The Bertz CT molecular complexity index is 686. The van der Waals surface area contributed by atoms with Gasteiger partial charge in [0.05, 0.1) is 0 Å². The number of nitrogens with zero attached hydrogens (tertiary/aromatic N) is 4. The maximum atomic E-state index is 13.0. The lowest BCUT2D eigenvalue weighted by Crippen LogP contribution is -2.35. The lowest BCUT2D eigenvalue weighted by molar-refractivity contribution is -0.130. The highest BCUT2D eigenvalue weighted by atomic mass is 16.2. The minimum absolute atomic E-state index is 0.0424. The molecule has 0 aromatic carbocycles. The topological polar surface area (TPSA) is 58.4 Å². The summed E-state index contributed by atoms with van der Waals surface area (Å²) in [6, 6.07) is 0. The van der Waals surface area contributed by atoms with Crippen LogP contribution in [0.25, 0.3) is 0 Å². The summed E-state index contributed by atoms with van der Waals surface area (Å²) >= 11 is 0. The lowest BCUT2D eigenvalue weighted by Gasteiger charge is -2.38. The van der Waals surface area contributed by atoms with E-state index in [2.05, 4.69) is 4.98 Å². The van der Waals surface area contributed by atoms with Gasteiger partial charge in [-0.2, -0.15) is 0 Å². The molecule has 2 aliphatic heterocycles. The number of likely N-dealkylation sites (tertiary alicyclic amines) is 2. The van der Waals surface area contributed by atoms with Crippen LogP contribution in [-0.2, 0) is 11.8 Å². The minimum atomic E-state index is 0.0424. The maximum absolute atomic E-state index is 13.0. The normalized spacial score (nSPS) is 24.7. The number of hydrogen-bond acceptors (Lipinski definition) is 3. The Morgan fingerprint density at radius 2 is 1.85 bits per heavy atom. The van der Waals surface area contributed by atoms with Crippen molar-refractivity contribution in [3.05, 3.63) is 18.2 Å². The summed E-state index contributed by atoms with van der Waals surface area (Å²) in [5.41, 5.74) is 0.213. The highest BCUT2D eigenvalue weighted by Crippen LogP contribution is 2.49. The predicted molar refractivity (Wildman–Crippen MR) is 103 cm³/mol. The summed E-state index contributed by atoms with van der Waals surface area (Å²) in [6.07, 6.45) is 13.5. The molecule has 1 aromatic rings. The van der Waals surface area contributed by atoms with E-state index in [0.717, 1.165) is 45.4 Å². The molecule has 3 heterocycles. The first kappa shape index (κ1) is 18.5. The fourth-order valence-corrected chi connectivity index (χ4v) is 5.54. The first-order valence-corrected chi connectivity index (χ1v) is 10.6. The van der Waals surface area contributed by atoms with Crippen LogP contribution in [0, 0.1) is 11.3 Å². The van der Waals surface area contributed by atoms with E-state index in [1.807, 2.05) is 23.0 Å². The quantitative estimate of drug-likeness (QED) is 0.817. The average Bonchev–Trinajstić information content (AvgIpc) is 3.41. The molecule has 3 aliphatic rings. The number of imidazole rings is 1. The second-order valence-electron chi connectivity index (χ2n) is 8.79. The van der Waals surface area contributed by atoms with Crippen LogP contribution in [0.5, 0.6) is 0 Å². The zero-order chi connectivity index (χ0) is 18.9. The van der Waals surface area contributed by atoms with Crippen LogP contribution in [0.2, 0.25) is 0 Å². The Balaban J connectivity index is 1.45. The molecule has 27 heavy (non-hydrogen) atoms. The molecule has 0 radical (unpaired) electrons. The molecule has 2 saturated heterocycles. The monoisotopic (exact) mass is 372 g/mol. The van der Waals surface area contributed by atoms with E-state index in [1.165, 1.54) is 32.1 Å². The summed E-state index contributed by atoms with van der Waals surface area (Å²) in [5.74, 6) is 1.32. The number of aromatic nitrogens is 2. The molecule has 1 aliphatic carbocycles. The van der Waals surface area contributed by atoms with Crippen molar-refractivity contribution in [2.24, 2.45) is 18.4 Å². The lowest BCUT2D eigenvalue weighted by atomic mass is 9.66. The van der Waals surface area contributed by atoms with Gasteiger partial charge in [-0.1, -0.05) is 19.3 Å². The number of carbonyl (C=O) groups excluding carboxylic acids is 2. The van der Waals surface area contributed by atoms with Crippen molar-refractivity contribution in [2.45, 2.75) is 57.8 Å². The fourth-order valence-electron chi connectivity index (χ4n) is 5.54. The third-order valence-electron chi connectivity index (χ3n) is 7.13. The third kappa shape index (κ3) is 3.63. The minimum Gasteiger partial charge on any atom is -0.343 e. The van der Waals surface area contributed by atoms with Crippen LogP contribution in [0.3, 0.4) is 0 Å². The molecule has 2 amide bonds. The van der Waals surface area contributed by atoms with E-state index in [0.29, 0.717) is 24.1 Å². The van der Waals surface area contributed by atoms with Crippen molar-refractivity contribution in [3.63, 3.8) is 0 Å². The van der Waals surface area contributed by atoms with E-state index in [-0.39, 0.29) is 11.3 Å². The van der Waals surface area contributed by atoms with Gasteiger partial charge in [-0.15, -0.1) is 0 Å².